The average Bonchev–Trinajstić information content (AvgIpc) is 3.77. The van der Waals surface area contributed by atoms with Crippen LogP contribution in [0.1, 0.15) is 104 Å². The van der Waals surface area contributed by atoms with Gasteiger partial charge < -0.3 is 110 Å². The van der Waals surface area contributed by atoms with E-state index in [0.717, 1.165) is 37.6 Å². The van der Waals surface area contributed by atoms with Crippen molar-refractivity contribution in [3.05, 3.63) is 60.7 Å². The molecule has 0 aliphatic rings. The second kappa shape index (κ2) is 83.4. The highest BCUT2D eigenvalue weighted by Crippen LogP contribution is 2.10. The molecule has 0 aliphatic heterocycles. The van der Waals surface area contributed by atoms with Gasteiger partial charge in [-0.15, -0.1) is 0 Å². The number of hydrogen-bond acceptors (Lipinski definition) is 22. The van der Waals surface area contributed by atoms with Gasteiger partial charge >= 0.3 is 0 Å². The second-order valence-corrected chi connectivity index (χ2v) is 20.8. The van der Waals surface area contributed by atoms with Gasteiger partial charge in [-0.3, -0.25) is 0 Å². The van der Waals surface area contributed by atoms with Crippen molar-refractivity contribution in [2.45, 2.75) is 104 Å². The number of benzene rings is 2. The summed E-state index contributed by atoms with van der Waals surface area (Å²) in [6, 6.07) is 19.4. The lowest BCUT2D eigenvalue weighted by Gasteiger charge is -2.09. The number of ether oxygens (including phenoxy) is 22. The van der Waals surface area contributed by atoms with E-state index in [1.54, 1.807) is 0 Å². The summed E-state index contributed by atoms with van der Waals surface area (Å²) in [6.07, 6.45) is 18.2. The first-order valence-electron chi connectivity index (χ1n) is 34.8. The van der Waals surface area contributed by atoms with E-state index in [-0.39, 0.29) is 5.48 Å². The predicted molar refractivity (Wildman–Crippen MR) is 360 cm³/mol. The van der Waals surface area contributed by atoms with Crippen molar-refractivity contribution in [3.63, 3.8) is 0 Å². The predicted octanol–water partition coefficient (Wildman–Crippen LogP) is 9.14. The van der Waals surface area contributed by atoms with Crippen LogP contribution in [-0.2, 0) is 94.7 Å². The van der Waals surface area contributed by atoms with Gasteiger partial charge in [-0.05, 0) is 37.1 Å². The Bertz CT molecular complexity index is 1490. The molecule has 0 bridgehead atoms. The summed E-state index contributed by atoms with van der Waals surface area (Å²) in [6.45, 7) is 27.8. The van der Waals surface area contributed by atoms with Crippen molar-refractivity contribution in [1.29, 1.82) is 0 Å². The Hall–Kier alpha value is -2.80. The summed E-state index contributed by atoms with van der Waals surface area (Å²) < 4.78 is 121. The molecule has 0 aliphatic carbocycles. The Labute approximate surface area is 561 Å². The zero-order chi connectivity index (χ0) is 65.4. The van der Waals surface area contributed by atoms with Gasteiger partial charge in [0.1, 0.15) is 24.7 Å². The fourth-order valence-electron chi connectivity index (χ4n) is 7.96. The molecule has 0 heterocycles. The van der Waals surface area contributed by atoms with Crippen molar-refractivity contribution in [1.82, 2.24) is 0 Å². The van der Waals surface area contributed by atoms with Gasteiger partial charge in [0.05, 0.1) is 251 Å². The van der Waals surface area contributed by atoms with Crippen LogP contribution in [0.3, 0.4) is 0 Å². The molecule has 0 atom stereocenters. The Morgan fingerprint density at radius 1 is 0.161 bits per heavy atom. The quantitative estimate of drug-likeness (QED) is 0.0561. The fraction of sp³-hybridized carbons (Fsp3) is 0.829. The standard InChI is InChI=1S/2C35H64O11.H2O/c2*1-2-3-4-5-6-7-11-14-36-15-16-37-17-18-38-19-20-39-21-22-40-23-24-41-25-26-42-27-28-43-29-30-44-31-32-45-33-34-46-35-12-9-8-10-13-35;/h2*8-10,12-13H,2-7,11,14-34H2,1H3;1H2. The Balaban J connectivity index is 0.00000180. The van der Waals surface area contributed by atoms with Crippen LogP contribution in [0.25, 0.3) is 0 Å². The smallest absolute Gasteiger partial charge is 0.119 e. The maximum absolute atomic E-state index is 5.61. The molecule has 0 spiro atoms. The zero-order valence-corrected chi connectivity index (χ0v) is 57.9. The highest BCUT2D eigenvalue weighted by atomic mass is 16.6. The van der Waals surface area contributed by atoms with Gasteiger partial charge in [0.15, 0.2) is 0 Å². The summed E-state index contributed by atoms with van der Waals surface area (Å²) in [5, 5.41) is 0. The van der Waals surface area contributed by atoms with Gasteiger partial charge in [-0.1, -0.05) is 127 Å². The molecule has 0 aromatic heterocycles. The maximum atomic E-state index is 5.61. The first-order chi connectivity index (χ1) is 45.9. The molecular formula is C70H130O23. The van der Waals surface area contributed by atoms with Crippen LogP contribution < -0.4 is 9.47 Å². The SMILES string of the molecule is CCCCCCCCCOCCOCCOCCOCCOCCOCCOCCOCCOCCOCCOc1ccccc1.CCCCCCCCCOCCOCCOCCOCCOCCOCCOCCOCCOCCOCCOc1ccccc1.O. The van der Waals surface area contributed by atoms with Gasteiger partial charge in [0, 0.05) is 13.2 Å². The molecule has 2 aromatic carbocycles. The van der Waals surface area contributed by atoms with Crippen LogP contribution in [0.15, 0.2) is 60.7 Å². The van der Waals surface area contributed by atoms with E-state index >= 15 is 0 Å². The first kappa shape index (κ1) is 90.2. The lowest BCUT2D eigenvalue weighted by atomic mass is 10.1. The van der Waals surface area contributed by atoms with E-state index in [4.69, 9.17) is 104 Å². The summed E-state index contributed by atoms with van der Waals surface area (Å²) in [4.78, 5) is 0. The van der Waals surface area contributed by atoms with E-state index in [1.807, 2.05) is 60.7 Å². The van der Waals surface area contributed by atoms with Crippen LogP contribution in [0.2, 0.25) is 0 Å². The van der Waals surface area contributed by atoms with Crippen molar-refractivity contribution in [2.75, 3.05) is 277 Å². The monoisotopic (exact) mass is 1340 g/mol. The number of rotatable bonds is 78. The lowest BCUT2D eigenvalue weighted by Crippen LogP contribution is -2.15. The van der Waals surface area contributed by atoms with Gasteiger partial charge in [0.25, 0.3) is 0 Å². The Morgan fingerprint density at radius 2 is 0.301 bits per heavy atom. The van der Waals surface area contributed by atoms with Gasteiger partial charge in [-0.2, -0.15) is 0 Å². The highest BCUT2D eigenvalue weighted by Gasteiger charge is 2.01. The van der Waals surface area contributed by atoms with E-state index in [0.29, 0.717) is 264 Å². The maximum Gasteiger partial charge on any atom is 0.119 e. The minimum atomic E-state index is 0. The van der Waals surface area contributed by atoms with E-state index in [1.165, 1.54) is 77.0 Å². The lowest BCUT2D eigenvalue weighted by molar-refractivity contribution is -0.0267. The molecule has 2 N–H and O–H groups in total. The third-order valence-electron chi connectivity index (χ3n) is 13.0. The molecule has 23 heteroatoms. The van der Waals surface area contributed by atoms with Crippen molar-refractivity contribution < 1.29 is 110 Å². The molecule has 23 nitrogen and oxygen atoms in total. The molecule has 0 unspecified atom stereocenters. The van der Waals surface area contributed by atoms with Crippen molar-refractivity contribution in [3.8, 4) is 11.5 Å². The number of para-hydroxylation sites is 2. The minimum absolute atomic E-state index is 0. The van der Waals surface area contributed by atoms with Gasteiger partial charge in [0.2, 0.25) is 0 Å². The largest absolute Gasteiger partial charge is 0.491 e. The highest BCUT2D eigenvalue weighted by molar-refractivity contribution is 5.21. The average molecular weight is 1340 g/mol. The molecule has 0 fully saturated rings. The molecular weight excluding hydrogens is 1210 g/mol. The fourth-order valence-corrected chi connectivity index (χ4v) is 7.96. The minimum Gasteiger partial charge on any atom is -0.491 e. The number of unbranched alkanes of at least 4 members (excludes halogenated alkanes) is 12. The van der Waals surface area contributed by atoms with Crippen LogP contribution in [0, 0.1) is 0 Å². The summed E-state index contributed by atoms with van der Waals surface area (Å²) in [7, 11) is 0. The summed E-state index contributed by atoms with van der Waals surface area (Å²) in [5.41, 5.74) is 0. The molecule has 548 valence electrons. The van der Waals surface area contributed by atoms with Crippen LogP contribution in [0.4, 0.5) is 0 Å². The van der Waals surface area contributed by atoms with E-state index in [9.17, 15) is 0 Å². The van der Waals surface area contributed by atoms with E-state index < -0.39 is 0 Å². The normalized spacial score (nSPS) is 11.3. The van der Waals surface area contributed by atoms with E-state index in [2.05, 4.69) is 13.8 Å². The Morgan fingerprint density at radius 3 is 0.473 bits per heavy atom. The van der Waals surface area contributed by atoms with Gasteiger partial charge in [-0.25, -0.2) is 0 Å². The topological polar surface area (TPSA) is 235 Å². The molecule has 0 saturated heterocycles. The summed E-state index contributed by atoms with van der Waals surface area (Å²) in [5.74, 6) is 1.69. The van der Waals surface area contributed by atoms with Crippen molar-refractivity contribution in [2.24, 2.45) is 0 Å². The first-order valence-corrected chi connectivity index (χ1v) is 34.8. The zero-order valence-electron chi connectivity index (χ0n) is 57.9. The van der Waals surface area contributed by atoms with Crippen LogP contribution >= 0.6 is 0 Å². The molecule has 93 heavy (non-hydrogen) atoms. The third-order valence-corrected chi connectivity index (χ3v) is 13.0. The third kappa shape index (κ3) is 78.1. The molecule has 0 saturated carbocycles. The molecule has 2 rings (SSSR count). The number of hydrogen-bond donors (Lipinski definition) is 0. The second-order valence-electron chi connectivity index (χ2n) is 20.8. The summed E-state index contributed by atoms with van der Waals surface area (Å²) >= 11 is 0. The van der Waals surface area contributed by atoms with Crippen LogP contribution in [-0.4, -0.2) is 283 Å². The van der Waals surface area contributed by atoms with Crippen molar-refractivity contribution >= 4 is 0 Å². The molecule has 0 radical (unpaired) electrons. The molecule has 2 aromatic rings. The Kier molecular flexibility index (Phi) is 80.9. The molecule has 0 amide bonds. The van der Waals surface area contributed by atoms with Crippen LogP contribution in [0.5, 0.6) is 11.5 Å².